The minimum absolute atomic E-state index is 0.334. The third-order valence-corrected chi connectivity index (χ3v) is 5.07. The van der Waals surface area contributed by atoms with Gasteiger partial charge in [-0.15, -0.1) is 0 Å². The molecule has 0 aromatic carbocycles. The molecule has 1 unspecified atom stereocenters. The lowest BCUT2D eigenvalue weighted by Gasteiger charge is -2.27. The predicted molar refractivity (Wildman–Crippen MR) is 82.0 cm³/mol. The number of nitrogens with one attached hydrogen (secondary N) is 1. The molecule has 0 amide bonds. The van der Waals surface area contributed by atoms with Gasteiger partial charge in [-0.05, 0) is 46.4 Å². The first-order valence-electron chi connectivity index (χ1n) is 8.21. The summed E-state index contributed by atoms with van der Waals surface area (Å²) in [6.45, 7) is 5.21. The molecular weight excluding hydrogens is 262 g/mol. The third kappa shape index (κ3) is 2.58. The molecule has 5 nitrogen and oxygen atoms in total. The molecule has 114 valence electrons. The summed E-state index contributed by atoms with van der Waals surface area (Å²) in [5, 5.41) is 3.45. The van der Waals surface area contributed by atoms with E-state index in [-0.39, 0.29) is 0 Å². The van der Waals surface area contributed by atoms with Gasteiger partial charge in [0.25, 0.3) is 0 Å². The maximum Gasteiger partial charge on any atom is 0.147 e. The van der Waals surface area contributed by atoms with Gasteiger partial charge in [-0.1, -0.05) is 0 Å². The molecule has 1 saturated carbocycles. The van der Waals surface area contributed by atoms with Gasteiger partial charge in [0.1, 0.15) is 5.82 Å². The second-order valence-electron chi connectivity index (χ2n) is 6.88. The third-order valence-electron chi connectivity index (χ3n) is 5.07. The molecule has 1 N–H and O–H groups in total. The highest BCUT2D eigenvalue weighted by Gasteiger charge is 2.33. The molecule has 5 heteroatoms. The van der Waals surface area contributed by atoms with Crippen LogP contribution in [0.1, 0.15) is 54.0 Å². The SMILES string of the molecule is CN1CCCN(C)C(c2nc3c(c(C4CC4)n2)CNC3)C1. The van der Waals surface area contributed by atoms with E-state index in [4.69, 9.17) is 9.97 Å². The second-order valence-corrected chi connectivity index (χ2v) is 6.88. The molecular formula is C16H25N5. The van der Waals surface area contributed by atoms with Crippen molar-refractivity contribution >= 4 is 0 Å². The zero-order chi connectivity index (χ0) is 14.4. The van der Waals surface area contributed by atoms with Crippen LogP contribution >= 0.6 is 0 Å². The highest BCUT2D eigenvalue weighted by molar-refractivity contribution is 5.34. The minimum Gasteiger partial charge on any atom is -0.307 e. The van der Waals surface area contributed by atoms with E-state index in [1.54, 1.807) is 0 Å². The van der Waals surface area contributed by atoms with Crippen molar-refractivity contribution in [2.45, 2.75) is 44.3 Å². The number of rotatable bonds is 2. The Labute approximate surface area is 126 Å². The van der Waals surface area contributed by atoms with Crippen LogP contribution in [-0.2, 0) is 13.1 Å². The van der Waals surface area contributed by atoms with Crippen LogP contribution in [0.4, 0.5) is 0 Å². The van der Waals surface area contributed by atoms with Gasteiger partial charge >= 0.3 is 0 Å². The monoisotopic (exact) mass is 287 g/mol. The van der Waals surface area contributed by atoms with Crippen LogP contribution in [0.5, 0.6) is 0 Å². The van der Waals surface area contributed by atoms with E-state index in [2.05, 4.69) is 29.2 Å². The van der Waals surface area contributed by atoms with E-state index in [1.807, 2.05) is 0 Å². The summed E-state index contributed by atoms with van der Waals surface area (Å²) in [6.07, 6.45) is 3.85. The number of hydrogen-bond donors (Lipinski definition) is 1. The van der Waals surface area contributed by atoms with Crippen LogP contribution in [0.2, 0.25) is 0 Å². The molecule has 3 aliphatic rings. The van der Waals surface area contributed by atoms with Crippen molar-refractivity contribution in [2.75, 3.05) is 33.7 Å². The van der Waals surface area contributed by atoms with Crippen molar-refractivity contribution in [3.8, 4) is 0 Å². The quantitative estimate of drug-likeness (QED) is 0.887. The van der Waals surface area contributed by atoms with Crippen molar-refractivity contribution in [1.29, 1.82) is 0 Å². The number of aromatic nitrogens is 2. The molecule has 3 heterocycles. The fraction of sp³-hybridized carbons (Fsp3) is 0.750. The molecule has 0 radical (unpaired) electrons. The van der Waals surface area contributed by atoms with E-state index in [0.717, 1.165) is 32.0 Å². The summed E-state index contributed by atoms with van der Waals surface area (Å²) in [7, 11) is 4.43. The molecule has 0 bridgehead atoms. The Balaban J connectivity index is 1.72. The maximum atomic E-state index is 5.04. The van der Waals surface area contributed by atoms with Gasteiger partial charge in [-0.2, -0.15) is 0 Å². The zero-order valence-corrected chi connectivity index (χ0v) is 13.1. The standard InChI is InChI=1S/C16H25N5/c1-20-6-3-7-21(2)14(10-20)16-18-13-9-17-8-12(13)15(19-16)11-4-5-11/h11,14,17H,3-10H2,1-2H3. The van der Waals surface area contributed by atoms with E-state index < -0.39 is 0 Å². The van der Waals surface area contributed by atoms with Gasteiger partial charge in [0.05, 0.1) is 17.4 Å². The van der Waals surface area contributed by atoms with Crippen molar-refractivity contribution in [1.82, 2.24) is 25.1 Å². The average Bonchev–Trinajstić information content (AvgIpc) is 3.23. The fourth-order valence-corrected chi connectivity index (χ4v) is 3.61. The summed E-state index contributed by atoms with van der Waals surface area (Å²) >= 11 is 0. The first-order chi connectivity index (χ1) is 10.2. The van der Waals surface area contributed by atoms with E-state index in [0.29, 0.717) is 12.0 Å². The van der Waals surface area contributed by atoms with Gasteiger partial charge in [0, 0.05) is 31.1 Å². The lowest BCUT2D eigenvalue weighted by Crippen LogP contribution is -2.32. The smallest absolute Gasteiger partial charge is 0.147 e. The Morgan fingerprint density at radius 1 is 1.10 bits per heavy atom. The lowest BCUT2D eigenvalue weighted by molar-refractivity contribution is 0.219. The maximum absolute atomic E-state index is 5.04. The van der Waals surface area contributed by atoms with Crippen LogP contribution in [-0.4, -0.2) is 53.5 Å². The average molecular weight is 287 g/mol. The van der Waals surface area contributed by atoms with Crippen molar-refractivity contribution < 1.29 is 0 Å². The van der Waals surface area contributed by atoms with Gasteiger partial charge in [-0.25, -0.2) is 9.97 Å². The highest BCUT2D eigenvalue weighted by atomic mass is 15.2. The Hall–Kier alpha value is -1.04. The van der Waals surface area contributed by atoms with E-state index in [1.165, 1.54) is 42.8 Å². The number of likely N-dealkylation sites (N-methyl/N-ethyl adjacent to an activating group) is 2. The van der Waals surface area contributed by atoms with Crippen LogP contribution < -0.4 is 5.32 Å². The normalized spacial score (nSPS) is 27.6. The van der Waals surface area contributed by atoms with E-state index in [9.17, 15) is 0 Å². The highest BCUT2D eigenvalue weighted by Crippen LogP contribution is 2.42. The summed E-state index contributed by atoms with van der Waals surface area (Å²) < 4.78 is 0. The summed E-state index contributed by atoms with van der Waals surface area (Å²) in [4.78, 5) is 14.8. The van der Waals surface area contributed by atoms with Crippen LogP contribution in [0.25, 0.3) is 0 Å². The van der Waals surface area contributed by atoms with Crippen molar-refractivity contribution in [2.24, 2.45) is 0 Å². The Kier molecular flexibility index (Phi) is 3.44. The molecule has 2 aliphatic heterocycles. The zero-order valence-electron chi connectivity index (χ0n) is 13.1. The molecule has 1 aromatic rings. The van der Waals surface area contributed by atoms with Crippen LogP contribution in [0.3, 0.4) is 0 Å². The van der Waals surface area contributed by atoms with Gasteiger partial charge < -0.3 is 10.2 Å². The topological polar surface area (TPSA) is 44.3 Å². The molecule has 1 saturated heterocycles. The minimum atomic E-state index is 0.334. The summed E-state index contributed by atoms with van der Waals surface area (Å²) in [5.74, 6) is 1.75. The Bertz CT molecular complexity index is 540. The molecule has 1 aliphatic carbocycles. The Morgan fingerprint density at radius 2 is 1.95 bits per heavy atom. The number of hydrogen-bond acceptors (Lipinski definition) is 5. The molecule has 1 aromatic heterocycles. The predicted octanol–water partition coefficient (Wildman–Crippen LogP) is 1.27. The summed E-state index contributed by atoms with van der Waals surface area (Å²) in [6, 6.07) is 0.334. The molecule has 1 atom stereocenters. The second kappa shape index (κ2) is 5.30. The largest absolute Gasteiger partial charge is 0.307 e. The fourth-order valence-electron chi connectivity index (χ4n) is 3.61. The van der Waals surface area contributed by atoms with E-state index >= 15 is 0 Å². The van der Waals surface area contributed by atoms with Crippen LogP contribution in [0, 0.1) is 0 Å². The van der Waals surface area contributed by atoms with Crippen molar-refractivity contribution in [3.63, 3.8) is 0 Å². The molecule has 2 fully saturated rings. The van der Waals surface area contributed by atoms with Gasteiger partial charge in [-0.3, -0.25) is 4.90 Å². The number of fused-ring (bicyclic) bond motifs is 1. The molecule has 21 heavy (non-hydrogen) atoms. The number of nitrogens with zero attached hydrogens (tertiary/aromatic N) is 4. The van der Waals surface area contributed by atoms with Crippen molar-refractivity contribution in [3.05, 3.63) is 22.8 Å². The van der Waals surface area contributed by atoms with Gasteiger partial charge in [0.15, 0.2) is 0 Å². The molecule has 0 spiro atoms. The first kappa shape index (κ1) is 13.6. The first-order valence-corrected chi connectivity index (χ1v) is 8.21. The summed E-state index contributed by atoms with van der Waals surface area (Å²) in [5.41, 5.74) is 3.99. The Morgan fingerprint density at radius 3 is 2.76 bits per heavy atom. The van der Waals surface area contributed by atoms with Crippen LogP contribution in [0.15, 0.2) is 0 Å². The molecule has 4 rings (SSSR count). The lowest BCUT2D eigenvalue weighted by atomic mass is 10.1. The van der Waals surface area contributed by atoms with Gasteiger partial charge in [0.2, 0.25) is 0 Å².